The van der Waals surface area contributed by atoms with Gasteiger partial charge in [-0.2, -0.15) is 0 Å². The smallest absolute Gasteiger partial charge is 0.162 e. The van der Waals surface area contributed by atoms with E-state index in [0.717, 1.165) is 25.0 Å². The summed E-state index contributed by atoms with van der Waals surface area (Å²) in [6.45, 7) is 3.86. The second kappa shape index (κ2) is 7.16. The molecular formula is C18H18F2O2. The van der Waals surface area contributed by atoms with Crippen LogP contribution in [0.1, 0.15) is 37.0 Å². The number of ether oxygens (including phenoxy) is 1. The molecule has 0 unspecified atom stereocenters. The van der Waals surface area contributed by atoms with Crippen molar-refractivity contribution in [3.8, 4) is 16.9 Å². The molecule has 0 aliphatic rings. The van der Waals surface area contributed by atoms with Crippen molar-refractivity contribution < 1.29 is 18.3 Å². The summed E-state index contributed by atoms with van der Waals surface area (Å²) in [5, 5.41) is 0. The molecule has 0 bridgehead atoms. The lowest BCUT2D eigenvalue weighted by molar-refractivity contribution is 0.101. The van der Waals surface area contributed by atoms with E-state index in [1.807, 2.05) is 0 Å². The second-order valence-corrected chi connectivity index (χ2v) is 5.10. The van der Waals surface area contributed by atoms with Crippen molar-refractivity contribution in [1.29, 1.82) is 0 Å². The average molecular weight is 304 g/mol. The van der Waals surface area contributed by atoms with Gasteiger partial charge in [-0.3, -0.25) is 4.79 Å². The normalized spacial score (nSPS) is 10.5. The lowest BCUT2D eigenvalue weighted by Gasteiger charge is -2.10. The summed E-state index contributed by atoms with van der Waals surface area (Å²) < 4.78 is 33.6. The highest BCUT2D eigenvalue weighted by atomic mass is 19.1. The highest BCUT2D eigenvalue weighted by Gasteiger charge is 2.14. The molecule has 0 amide bonds. The van der Waals surface area contributed by atoms with E-state index in [4.69, 9.17) is 4.74 Å². The number of halogens is 2. The number of benzene rings is 2. The van der Waals surface area contributed by atoms with Crippen LogP contribution in [-0.4, -0.2) is 12.4 Å². The van der Waals surface area contributed by atoms with E-state index >= 15 is 0 Å². The molecule has 0 saturated carbocycles. The van der Waals surface area contributed by atoms with E-state index in [9.17, 15) is 13.6 Å². The number of carbonyl (C=O) groups excluding carboxylic acids is 1. The van der Waals surface area contributed by atoms with Crippen molar-refractivity contribution >= 4 is 5.78 Å². The van der Waals surface area contributed by atoms with Crippen LogP contribution >= 0.6 is 0 Å². The van der Waals surface area contributed by atoms with Gasteiger partial charge in [-0.05, 0) is 43.2 Å². The highest BCUT2D eigenvalue weighted by Crippen LogP contribution is 2.28. The van der Waals surface area contributed by atoms with Crippen LogP contribution in [0.5, 0.6) is 5.75 Å². The molecule has 0 aliphatic carbocycles. The Morgan fingerprint density at radius 1 is 1.14 bits per heavy atom. The van der Waals surface area contributed by atoms with Crippen molar-refractivity contribution in [3.63, 3.8) is 0 Å². The zero-order valence-electron chi connectivity index (χ0n) is 12.7. The SMILES string of the molecule is CCCCOc1cccc(-c2cc(F)c(C(C)=O)cc2F)c1. The molecule has 2 rings (SSSR count). The molecule has 2 aromatic carbocycles. The minimum Gasteiger partial charge on any atom is -0.494 e. The minimum absolute atomic E-state index is 0.114. The summed E-state index contributed by atoms with van der Waals surface area (Å²) in [6, 6.07) is 8.85. The molecule has 2 nitrogen and oxygen atoms in total. The third-order valence-corrected chi connectivity index (χ3v) is 3.35. The Bertz CT molecular complexity index is 681. The van der Waals surface area contributed by atoms with Gasteiger partial charge in [0, 0.05) is 5.56 Å². The van der Waals surface area contributed by atoms with E-state index in [0.29, 0.717) is 17.9 Å². The van der Waals surface area contributed by atoms with Crippen molar-refractivity contribution in [2.75, 3.05) is 6.61 Å². The predicted molar refractivity (Wildman–Crippen MR) is 82.2 cm³/mol. The number of Topliss-reactive ketones (excluding diaryl/α,β-unsaturated/α-hetero) is 1. The molecule has 0 N–H and O–H groups in total. The lowest BCUT2D eigenvalue weighted by Crippen LogP contribution is -2.00. The van der Waals surface area contributed by atoms with Gasteiger partial charge in [0.1, 0.15) is 17.4 Å². The molecule has 22 heavy (non-hydrogen) atoms. The molecule has 0 spiro atoms. The number of rotatable bonds is 6. The summed E-state index contributed by atoms with van der Waals surface area (Å²) >= 11 is 0. The highest BCUT2D eigenvalue weighted by molar-refractivity contribution is 5.95. The van der Waals surface area contributed by atoms with Crippen molar-refractivity contribution in [3.05, 3.63) is 53.6 Å². The zero-order chi connectivity index (χ0) is 16.1. The first-order chi connectivity index (χ1) is 10.5. The van der Waals surface area contributed by atoms with Gasteiger partial charge < -0.3 is 4.74 Å². The molecule has 4 heteroatoms. The Hall–Kier alpha value is -2.23. The molecule has 0 aromatic heterocycles. The summed E-state index contributed by atoms with van der Waals surface area (Å²) in [5.74, 6) is -1.24. The first-order valence-electron chi connectivity index (χ1n) is 7.26. The maximum absolute atomic E-state index is 14.2. The molecular weight excluding hydrogens is 286 g/mol. The van der Waals surface area contributed by atoms with E-state index in [2.05, 4.69) is 6.92 Å². The average Bonchev–Trinajstić information content (AvgIpc) is 2.49. The van der Waals surface area contributed by atoms with Crippen LogP contribution < -0.4 is 4.74 Å². The fourth-order valence-corrected chi connectivity index (χ4v) is 2.13. The third-order valence-electron chi connectivity index (χ3n) is 3.35. The van der Waals surface area contributed by atoms with E-state index < -0.39 is 17.4 Å². The number of hydrogen-bond donors (Lipinski definition) is 0. The predicted octanol–water partition coefficient (Wildman–Crippen LogP) is 5.01. The topological polar surface area (TPSA) is 26.3 Å². The van der Waals surface area contributed by atoms with Crippen molar-refractivity contribution in [2.45, 2.75) is 26.7 Å². The maximum Gasteiger partial charge on any atom is 0.162 e. The molecule has 0 fully saturated rings. The number of unbranched alkanes of at least 4 members (excludes halogenated alkanes) is 1. The second-order valence-electron chi connectivity index (χ2n) is 5.10. The maximum atomic E-state index is 14.2. The van der Waals surface area contributed by atoms with E-state index in [-0.39, 0.29) is 11.1 Å². The Labute approximate surface area is 128 Å². The van der Waals surface area contributed by atoms with Gasteiger partial charge in [-0.1, -0.05) is 25.5 Å². The van der Waals surface area contributed by atoms with Gasteiger partial charge in [0.25, 0.3) is 0 Å². The number of hydrogen-bond acceptors (Lipinski definition) is 2. The molecule has 0 aliphatic heterocycles. The molecule has 0 saturated heterocycles. The lowest BCUT2D eigenvalue weighted by atomic mass is 10.0. The summed E-state index contributed by atoms with van der Waals surface area (Å²) in [7, 11) is 0. The standard InChI is InChI=1S/C18H18F2O2/c1-3-4-8-22-14-7-5-6-13(9-14)16-11-17(19)15(12(2)21)10-18(16)20/h5-7,9-11H,3-4,8H2,1-2H3. The molecule has 116 valence electrons. The molecule has 0 heterocycles. The quantitative estimate of drug-likeness (QED) is 0.553. The first-order valence-corrected chi connectivity index (χ1v) is 7.26. The third kappa shape index (κ3) is 3.70. The Balaban J connectivity index is 2.33. The van der Waals surface area contributed by atoms with Crippen LogP contribution in [-0.2, 0) is 0 Å². The number of ketones is 1. The van der Waals surface area contributed by atoms with Gasteiger partial charge in [0.2, 0.25) is 0 Å². The number of carbonyl (C=O) groups is 1. The van der Waals surface area contributed by atoms with Gasteiger partial charge in [-0.25, -0.2) is 8.78 Å². The van der Waals surface area contributed by atoms with Crippen LogP contribution in [0.3, 0.4) is 0 Å². The van der Waals surface area contributed by atoms with Crippen molar-refractivity contribution in [2.24, 2.45) is 0 Å². The minimum atomic E-state index is -0.721. The monoisotopic (exact) mass is 304 g/mol. The summed E-state index contributed by atoms with van der Waals surface area (Å²) in [5.41, 5.74) is 0.389. The largest absolute Gasteiger partial charge is 0.494 e. The van der Waals surface area contributed by atoms with Gasteiger partial charge >= 0.3 is 0 Å². The molecule has 2 aromatic rings. The molecule has 0 atom stereocenters. The van der Waals surface area contributed by atoms with Gasteiger partial charge in [-0.15, -0.1) is 0 Å². The van der Waals surface area contributed by atoms with Crippen LogP contribution in [0, 0.1) is 11.6 Å². The summed E-state index contributed by atoms with van der Waals surface area (Å²) in [6.07, 6.45) is 1.95. The van der Waals surface area contributed by atoms with Crippen molar-refractivity contribution in [1.82, 2.24) is 0 Å². The van der Waals surface area contributed by atoms with E-state index in [1.165, 1.54) is 6.92 Å². The Kier molecular flexibility index (Phi) is 5.26. The van der Waals surface area contributed by atoms with Crippen LogP contribution in [0.4, 0.5) is 8.78 Å². The Morgan fingerprint density at radius 3 is 2.59 bits per heavy atom. The van der Waals surface area contributed by atoms with Gasteiger partial charge in [0.05, 0.1) is 12.2 Å². The summed E-state index contributed by atoms with van der Waals surface area (Å²) in [4.78, 5) is 11.2. The Morgan fingerprint density at radius 2 is 1.91 bits per heavy atom. The van der Waals surface area contributed by atoms with Crippen LogP contribution in [0.2, 0.25) is 0 Å². The fraction of sp³-hybridized carbons (Fsp3) is 0.278. The van der Waals surface area contributed by atoms with Gasteiger partial charge in [0.15, 0.2) is 5.78 Å². The van der Waals surface area contributed by atoms with Crippen LogP contribution in [0.25, 0.3) is 11.1 Å². The fourth-order valence-electron chi connectivity index (χ4n) is 2.13. The van der Waals surface area contributed by atoms with E-state index in [1.54, 1.807) is 24.3 Å². The zero-order valence-corrected chi connectivity index (χ0v) is 12.7. The van der Waals surface area contributed by atoms with Crippen LogP contribution in [0.15, 0.2) is 36.4 Å². The molecule has 0 radical (unpaired) electrons. The first kappa shape index (κ1) is 16.1.